The zero-order chi connectivity index (χ0) is 12.6. The van der Waals surface area contributed by atoms with Gasteiger partial charge in [0.2, 0.25) is 0 Å². The second kappa shape index (κ2) is 4.36. The molecule has 1 aromatic heterocycles. The lowest BCUT2D eigenvalue weighted by Crippen LogP contribution is -2.19. The van der Waals surface area contributed by atoms with Gasteiger partial charge in [-0.15, -0.1) is 0 Å². The molecule has 0 aromatic carbocycles. The van der Waals surface area contributed by atoms with Gasteiger partial charge in [-0.1, -0.05) is 6.92 Å². The number of aromatic nitrogens is 2. The maximum absolute atomic E-state index is 12.1. The monoisotopic (exact) mass is 320 g/mol. The second-order valence-corrected chi connectivity index (χ2v) is 5.97. The molecule has 0 aliphatic heterocycles. The van der Waals surface area contributed by atoms with Crippen molar-refractivity contribution in [3.63, 3.8) is 0 Å². The van der Waals surface area contributed by atoms with Crippen LogP contribution in [0.2, 0.25) is 0 Å². The summed E-state index contributed by atoms with van der Waals surface area (Å²) in [6.45, 7) is 0.0791. The van der Waals surface area contributed by atoms with Crippen molar-refractivity contribution in [2.45, 2.75) is 24.5 Å². The Morgan fingerprint density at radius 1 is 1.50 bits per heavy atom. The highest BCUT2D eigenvalue weighted by molar-refractivity contribution is 9.10. The van der Waals surface area contributed by atoms with E-state index in [4.69, 9.17) is 0 Å². The molecule has 16 heavy (non-hydrogen) atoms. The normalized spacial score (nSPS) is 13.1. The van der Waals surface area contributed by atoms with E-state index >= 15 is 0 Å². The molecule has 0 fully saturated rings. The number of rotatable bonds is 3. The smallest absolute Gasteiger partial charge is 0.248 e. The van der Waals surface area contributed by atoms with E-state index in [0.717, 1.165) is 6.20 Å². The van der Waals surface area contributed by atoms with E-state index in [1.54, 1.807) is 0 Å². The molecule has 0 amide bonds. The minimum Gasteiger partial charge on any atom is -0.248 e. The summed E-state index contributed by atoms with van der Waals surface area (Å²) in [5.41, 5.74) is 0. The van der Waals surface area contributed by atoms with Crippen molar-refractivity contribution in [3.05, 3.63) is 10.8 Å². The molecule has 9 heteroatoms. The molecular formula is C7H8BrF3N2O2S. The highest BCUT2D eigenvalue weighted by Gasteiger charge is 2.31. The first-order chi connectivity index (χ1) is 7.17. The van der Waals surface area contributed by atoms with Crippen LogP contribution in [0.1, 0.15) is 6.92 Å². The number of nitrogens with zero attached hydrogens (tertiary/aromatic N) is 2. The Kier molecular flexibility index (Phi) is 3.68. The Hall–Kier alpha value is -0.570. The molecule has 0 aliphatic rings. The van der Waals surface area contributed by atoms with Crippen LogP contribution in [0.5, 0.6) is 0 Å². The molecule has 1 rings (SSSR count). The number of hydrogen-bond acceptors (Lipinski definition) is 3. The van der Waals surface area contributed by atoms with Crippen LogP contribution in [-0.2, 0) is 16.4 Å². The summed E-state index contributed by atoms with van der Waals surface area (Å²) in [5, 5.41) is 3.39. The number of sulfone groups is 1. The Labute approximate surface area is 98.5 Å². The van der Waals surface area contributed by atoms with Gasteiger partial charge in [0.15, 0.2) is 9.84 Å². The Balaban J connectivity index is 3.12. The van der Waals surface area contributed by atoms with Crippen LogP contribution in [0.3, 0.4) is 0 Å². The summed E-state index contributed by atoms with van der Waals surface area (Å²) in [4.78, 5) is -0.223. The van der Waals surface area contributed by atoms with Crippen LogP contribution in [0, 0.1) is 0 Å². The second-order valence-electron chi connectivity index (χ2n) is 2.98. The van der Waals surface area contributed by atoms with Gasteiger partial charge in [-0.25, -0.2) is 13.1 Å². The Bertz CT molecular complexity index is 480. The molecule has 1 heterocycles. The van der Waals surface area contributed by atoms with E-state index in [9.17, 15) is 21.6 Å². The summed E-state index contributed by atoms with van der Waals surface area (Å²) < 4.78 is 59.5. The first kappa shape index (κ1) is 13.5. The largest absolute Gasteiger partial charge is 0.408 e. The molecule has 1 aromatic rings. The fourth-order valence-electron chi connectivity index (χ4n) is 0.997. The van der Waals surface area contributed by atoms with Crippen LogP contribution >= 0.6 is 15.9 Å². The van der Waals surface area contributed by atoms with Crippen LogP contribution < -0.4 is 0 Å². The van der Waals surface area contributed by atoms with Crippen molar-refractivity contribution in [2.24, 2.45) is 0 Å². The zero-order valence-corrected chi connectivity index (χ0v) is 10.5. The number of halogens is 4. The van der Waals surface area contributed by atoms with Crippen LogP contribution in [0.4, 0.5) is 13.2 Å². The van der Waals surface area contributed by atoms with Gasteiger partial charge in [-0.2, -0.15) is 18.3 Å². The van der Waals surface area contributed by atoms with Crippen LogP contribution in [-0.4, -0.2) is 30.1 Å². The van der Waals surface area contributed by atoms with E-state index < -0.39 is 22.6 Å². The van der Waals surface area contributed by atoms with Gasteiger partial charge in [0, 0.05) is 0 Å². The van der Waals surface area contributed by atoms with E-state index in [1.807, 2.05) is 0 Å². The van der Waals surface area contributed by atoms with Gasteiger partial charge in [0.25, 0.3) is 0 Å². The maximum Gasteiger partial charge on any atom is 0.408 e. The zero-order valence-electron chi connectivity index (χ0n) is 8.12. The summed E-state index contributed by atoms with van der Waals surface area (Å²) in [7, 11) is -3.56. The van der Waals surface area contributed by atoms with Gasteiger partial charge in [0.05, 0.1) is 11.9 Å². The molecule has 4 nitrogen and oxygen atoms in total. The molecule has 0 unspecified atom stereocenters. The molecule has 0 atom stereocenters. The quantitative estimate of drug-likeness (QED) is 0.856. The maximum atomic E-state index is 12.1. The summed E-state index contributed by atoms with van der Waals surface area (Å²) >= 11 is 2.80. The van der Waals surface area contributed by atoms with Gasteiger partial charge in [-0.3, -0.25) is 0 Å². The summed E-state index contributed by atoms with van der Waals surface area (Å²) in [6.07, 6.45) is -3.53. The fourth-order valence-corrected chi connectivity index (χ4v) is 2.94. The van der Waals surface area contributed by atoms with Gasteiger partial charge >= 0.3 is 6.18 Å². The highest BCUT2D eigenvalue weighted by atomic mass is 79.9. The third-order valence-corrected chi connectivity index (χ3v) is 4.62. The molecule has 92 valence electrons. The highest BCUT2D eigenvalue weighted by Crippen LogP contribution is 2.26. The predicted octanol–water partition coefficient (Wildman–Crippen LogP) is 2.00. The SMILES string of the molecule is CCS(=O)(=O)c1cnn(CC(F)(F)F)c1Br. The average molecular weight is 321 g/mol. The molecule has 0 spiro atoms. The minimum absolute atomic E-state index is 0.174. The standard InChI is InChI=1S/C7H8BrF3N2O2S/c1-2-16(14,15)5-3-12-13(6(5)8)4-7(9,10)11/h3H,2,4H2,1H3. The molecule has 0 bridgehead atoms. The van der Waals surface area contributed by atoms with Crippen molar-refractivity contribution < 1.29 is 21.6 Å². The van der Waals surface area contributed by atoms with Crippen molar-refractivity contribution in [1.29, 1.82) is 0 Å². The summed E-state index contributed by atoms with van der Waals surface area (Å²) in [5.74, 6) is -0.191. The number of hydrogen-bond donors (Lipinski definition) is 0. The lowest BCUT2D eigenvalue weighted by molar-refractivity contribution is -0.143. The van der Waals surface area contributed by atoms with E-state index in [-0.39, 0.29) is 15.3 Å². The Morgan fingerprint density at radius 3 is 2.50 bits per heavy atom. The van der Waals surface area contributed by atoms with E-state index in [0.29, 0.717) is 4.68 Å². The van der Waals surface area contributed by atoms with Crippen LogP contribution in [0.25, 0.3) is 0 Å². The van der Waals surface area contributed by atoms with Crippen molar-refractivity contribution >= 4 is 25.8 Å². The number of alkyl halides is 3. The summed E-state index contributed by atoms with van der Waals surface area (Å²) in [6, 6.07) is 0. The first-order valence-electron chi connectivity index (χ1n) is 4.18. The van der Waals surface area contributed by atoms with E-state index in [1.165, 1.54) is 6.92 Å². The molecule has 0 N–H and O–H groups in total. The van der Waals surface area contributed by atoms with Gasteiger partial charge in [0.1, 0.15) is 16.0 Å². The topological polar surface area (TPSA) is 52.0 Å². The Morgan fingerprint density at radius 2 is 2.06 bits per heavy atom. The van der Waals surface area contributed by atoms with Crippen molar-refractivity contribution in [1.82, 2.24) is 9.78 Å². The van der Waals surface area contributed by atoms with Gasteiger partial charge < -0.3 is 0 Å². The fraction of sp³-hybridized carbons (Fsp3) is 0.571. The minimum atomic E-state index is -4.44. The first-order valence-corrected chi connectivity index (χ1v) is 6.62. The average Bonchev–Trinajstić information content (AvgIpc) is 2.46. The molecule has 0 saturated carbocycles. The predicted molar refractivity (Wildman–Crippen MR) is 53.7 cm³/mol. The molecule has 0 saturated heterocycles. The van der Waals surface area contributed by atoms with E-state index in [2.05, 4.69) is 21.0 Å². The third-order valence-electron chi connectivity index (χ3n) is 1.79. The third kappa shape index (κ3) is 2.97. The molecular weight excluding hydrogens is 313 g/mol. The lowest BCUT2D eigenvalue weighted by Gasteiger charge is -2.07. The van der Waals surface area contributed by atoms with Gasteiger partial charge in [-0.05, 0) is 15.9 Å². The van der Waals surface area contributed by atoms with Crippen molar-refractivity contribution in [3.8, 4) is 0 Å². The van der Waals surface area contributed by atoms with Crippen LogP contribution in [0.15, 0.2) is 15.7 Å². The lowest BCUT2D eigenvalue weighted by atomic mass is 10.6. The molecule has 0 aliphatic carbocycles. The molecule has 0 radical (unpaired) electrons. The van der Waals surface area contributed by atoms with Crippen molar-refractivity contribution in [2.75, 3.05) is 5.75 Å².